The predicted octanol–water partition coefficient (Wildman–Crippen LogP) is 5.30. The highest BCUT2D eigenvalue weighted by Gasteiger charge is 2.43. The average molecular weight is 468 g/mol. The second kappa shape index (κ2) is 11.2. The third-order valence-electron chi connectivity index (χ3n) is 7.05. The van der Waals surface area contributed by atoms with Crippen LogP contribution in [0, 0.1) is 23.6 Å². The lowest BCUT2D eigenvalue weighted by Gasteiger charge is -2.50. The predicted molar refractivity (Wildman–Crippen MR) is 133 cm³/mol. The molecule has 0 unspecified atom stereocenters. The first-order valence-corrected chi connectivity index (χ1v) is 12.6. The maximum atomic E-state index is 13.5. The van der Waals surface area contributed by atoms with Gasteiger partial charge in [-0.15, -0.1) is 0 Å². The zero-order valence-corrected chi connectivity index (χ0v) is 20.7. The molecule has 1 heterocycles. The molecule has 1 saturated heterocycles. The molecule has 184 valence electrons. The van der Waals surface area contributed by atoms with Gasteiger partial charge < -0.3 is 19.9 Å². The zero-order chi connectivity index (χ0) is 24.1. The fourth-order valence-corrected chi connectivity index (χ4v) is 5.50. The van der Waals surface area contributed by atoms with E-state index in [-0.39, 0.29) is 17.9 Å². The number of rotatable bonds is 8. The molecule has 2 fully saturated rings. The Morgan fingerprint density at radius 2 is 1.68 bits per heavy atom. The van der Waals surface area contributed by atoms with Crippen LogP contribution in [0.4, 0.5) is 9.18 Å². The van der Waals surface area contributed by atoms with Gasteiger partial charge in [-0.1, -0.05) is 44.5 Å². The number of amides is 2. The summed E-state index contributed by atoms with van der Waals surface area (Å²) in [7, 11) is 2.18. The molecule has 1 N–H and O–H groups in total. The highest BCUT2D eigenvalue weighted by atomic mass is 19.1. The van der Waals surface area contributed by atoms with E-state index in [1.165, 1.54) is 18.6 Å². The Bertz CT molecular complexity index is 918. The molecule has 3 atom stereocenters. The summed E-state index contributed by atoms with van der Waals surface area (Å²) < 4.78 is 19.3. The van der Waals surface area contributed by atoms with E-state index in [0.29, 0.717) is 37.5 Å². The molecule has 2 aromatic rings. The van der Waals surface area contributed by atoms with Crippen LogP contribution in [0.2, 0.25) is 0 Å². The standard InChI is InChI=1S/C28H38FN3O2/c1-20(2)19-34-26-13-9-21(10-14-26)15-30-28(33)32(16-22-7-11-25(29)12-8-22)27-23-5-4-6-24(27)18-31(3)17-23/h7-14,20,23-24,27H,4-6,15-19H2,1-3H3,(H,30,33)/t23-,24+,27+. The number of carbonyl (C=O) groups excluding carboxylic acids is 1. The van der Waals surface area contributed by atoms with E-state index >= 15 is 0 Å². The molecular formula is C28H38FN3O2. The molecule has 2 aromatic carbocycles. The summed E-state index contributed by atoms with van der Waals surface area (Å²) in [6.07, 6.45) is 3.53. The molecule has 1 aliphatic carbocycles. The molecule has 0 radical (unpaired) electrons. The number of hydrogen-bond acceptors (Lipinski definition) is 3. The third kappa shape index (κ3) is 6.29. The van der Waals surface area contributed by atoms with Crippen molar-refractivity contribution in [2.75, 3.05) is 26.7 Å². The van der Waals surface area contributed by atoms with Gasteiger partial charge in [0.2, 0.25) is 0 Å². The monoisotopic (exact) mass is 467 g/mol. The molecule has 6 heteroatoms. The number of fused-ring (bicyclic) bond motifs is 2. The van der Waals surface area contributed by atoms with Gasteiger partial charge in [-0.2, -0.15) is 0 Å². The smallest absolute Gasteiger partial charge is 0.318 e. The van der Waals surface area contributed by atoms with Crippen molar-refractivity contribution < 1.29 is 13.9 Å². The lowest BCUT2D eigenvalue weighted by atomic mass is 9.72. The van der Waals surface area contributed by atoms with E-state index in [4.69, 9.17) is 4.74 Å². The van der Waals surface area contributed by atoms with Gasteiger partial charge in [0.15, 0.2) is 0 Å². The Hall–Kier alpha value is -2.60. The number of carbonyl (C=O) groups is 1. The van der Waals surface area contributed by atoms with Gasteiger partial charge in [-0.25, -0.2) is 9.18 Å². The van der Waals surface area contributed by atoms with Crippen LogP contribution >= 0.6 is 0 Å². The number of benzene rings is 2. The van der Waals surface area contributed by atoms with E-state index in [1.54, 1.807) is 12.1 Å². The van der Waals surface area contributed by atoms with Crippen molar-refractivity contribution >= 4 is 6.03 Å². The van der Waals surface area contributed by atoms with Crippen molar-refractivity contribution in [2.45, 2.75) is 52.2 Å². The molecular weight excluding hydrogens is 429 g/mol. The highest BCUT2D eigenvalue weighted by molar-refractivity contribution is 5.74. The summed E-state index contributed by atoms with van der Waals surface area (Å²) in [4.78, 5) is 18.0. The number of ether oxygens (including phenoxy) is 1. The number of piperidine rings is 1. The van der Waals surface area contributed by atoms with Crippen molar-refractivity contribution in [1.29, 1.82) is 0 Å². The van der Waals surface area contributed by atoms with Gasteiger partial charge in [0.05, 0.1) is 6.61 Å². The van der Waals surface area contributed by atoms with Gasteiger partial charge in [-0.05, 0) is 73.0 Å². The molecule has 0 aromatic heterocycles. The van der Waals surface area contributed by atoms with Crippen molar-refractivity contribution in [3.8, 4) is 5.75 Å². The molecule has 1 aliphatic heterocycles. The van der Waals surface area contributed by atoms with E-state index in [1.807, 2.05) is 29.2 Å². The van der Waals surface area contributed by atoms with Crippen LogP contribution < -0.4 is 10.1 Å². The largest absolute Gasteiger partial charge is 0.493 e. The molecule has 34 heavy (non-hydrogen) atoms. The first-order chi connectivity index (χ1) is 16.4. The van der Waals surface area contributed by atoms with Gasteiger partial charge in [0, 0.05) is 32.2 Å². The van der Waals surface area contributed by atoms with E-state index < -0.39 is 0 Å². The van der Waals surface area contributed by atoms with Crippen LogP contribution in [0.15, 0.2) is 48.5 Å². The molecule has 2 amide bonds. The van der Waals surface area contributed by atoms with Crippen LogP contribution in [0.3, 0.4) is 0 Å². The van der Waals surface area contributed by atoms with Gasteiger partial charge >= 0.3 is 6.03 Å². The molecule has 4 rings (SSSR count). The Morgan fingerprint density at radius 3 is 2.29 bits per heavy atom. The van der Waals surface area contributed by atoms with Gasteiger partial charge in [0.1, 0.15) is 11.6 Å². The Labute approximate surface area is 203 Å². The van der Waals surface area contributed by atoms with E-state index in [0.717, 1.165) is 42.8 Å². The zero-order valence-electron chi connectivity index (χ0n) is 20.7. The van der Waals surface area contributed by atoms with Gasteiger partial charge in [-0.3, -0.25) is 0 Å². The van der Waals surface area contributed by atoms with E-state index in [2.05, 4.69) is 31.1 Å². The second-order valence-corrected chi connectivity index (χ2v) is 10.4. The van der Waals surface area contributed by atoms with Crippen molar-refractivity contribution in [2.24, 2.45) is 17.8 Å². The Morgan fingerprint density at radius 1 is 1.06 bits per heavy atom. The lowest BCUT2D eigenvalue weighted by molar-refractivity contribution is 0.00398. The maximum Gasteiger partial charge on any atom is 0.318 e. The summed E-state index contributed by atoms with van der Waals surface area (Å²) in [6, 6.07) is 14.6. The molecule has 2 aliphatic rings. The second-order valence-electron chi connectivity index (χ2n) is 10.4. The maximum absolute atomic E-state index is 13.5. The van der Waals surface area contributed by atoms with Crippen LogP contribution in [0.1, 0.15) is 44.2 Å². The average Bonchev–Trinajstić information content (AvgIpc) is 2.81. The van der Waals surface area contributed by atoms with Crippen molar-refractivity contribution in [1.82, 2.24) is 15.1 Å². The normalized spacial score (nSPS) is 22.4. The van der Waals surface area contributed by atoms with Gasteiger partial charge in [0.25, 0.3) is 0 Å². The molecule has 1 saturated carbocycles. The first-order valence-electron chi connectivity index (χ1n) is 12.6. The lowest BCUT2D eigenvalue weighted by Crippen LogP contribution is -2.60. The molecule has 2 bridgehead atoms. The fourth-order valence-electron chi connectivity index (χ4n) is 5.50. The number of halogens is 1. The Kier molecular flexibility index (Phi) is 8.09. The van der Waals surface area contributed by atoms with Crippen LogP contribution in [-0.2, 0) is 13.1 Å². The number of nitrogens with one attached hydrogen (secondary N) is 1. The fraction of sp³-hybridized carbons (Fsp3) is 0.536. The number of likely N-dealkylation sites (tertiary alicyclic amines) is 1. The topological polar surface area (TPSA) is 44.8 Å². The highest BCUT2D eigenvalue weighted by Crippen LogP contribution is 2.38. The van der Waals surface area contributed by atoms with Crippen LogP contribution in [-0.4, -0.2) is 48.6 Å². The first kappa shape index (κ1) is 24.5. The summed E-state index contributed by atoms with van der Waals surface area (Å²) in [5.74, 6) is 2.02. The third-order valence-corrected chi connectivity index (χ3v) is 7.05. The summed E-state index contributed by atoms with van der Waals surface area (Å²) in [5, 5.41) is 3.16. The van der Waals surface area contributed by atoms with Crippen LogP contribution in [0.25, 0.3) is 0 Å². The number of hydrogen-bond donors (Lipinski definition) is 1. The quantitative estimate of drug-likeness (QED) is 0.573. The summed E-state index contributed by atoms with van der Waals surface area (Å²) in [5.41, 5.74) is 2.00. The van der Waals surface area contributed by atoms with E-state index in [9.17, 15) is 9.18 Å². The minimum atomic E-state index is -0.253. The van der Waals surface area contributed by atoms with Crippen molar-refractivity contribution in [3.63, 3.8) is 0 Å². The minimum absolute atomic E-state index is 0.0455. The van der Waals surface area contributed by atoms with Crippen molar-refractivity contribution in [3.05, 3.63) is 65.5 Å². The van der Waals surface area contributed by atoms with Crippen LogP contribution in [0.5, 0.6) is 5.75 Å². The summed E-state index contributed by atoms with van der Waals surface area (Å²) >= 11 is 0. The Balaban J connectivity index is 1.46. The minimum Gasteiger partial charge on any atom is -0.493 e. The number of urea groups is 1. The summed E-state index contributed by atoms with van der Waals surface area (Å²) in [6.45, 7) is 7.94. The SMILES string of the molecule is CC(C)COc1ccc(CNC(=O)N(Cc2ccc(F)cc2)[C@H]2[C@@H]3CCC[C@H]2CN(C)C3)cc1. The molecule has 0 spiro atoms. The molecule has 5 nitrogen and oxygen atoms in total. The number of nitrogens with zero attached hydrogens (tertiary/aromatic N) is 2.